The van der Waals surface area contributed by atoms with Crippen LogP contribution in [0, 0.1) is 17.5 Å². The molecule has 1 heterocycles. The molecule has 2 aromatic rings. The number of rotatable bonds is 5. The molecule has 7 heteroatoms. The third-order valence-electron chi connectivity index (χ3n) is 4.88. The van der Waals surface area contributed by atoms with Gasteiger partial charge in [0.05, 0.1) is 5.60 Å². The molecular formula is C20H21F3N2O2. The van der Waals surface area contributed by atoms with Crippen LogP contribution in [0.15, 0.2) is 42.5 Å². The number of likely N-dealkylation sites (tertiary alicyclic amines) is 1. The molecule has 2 N–H and O–H groups in total. The molecule has 0 aromatic heterocycles. The van der Waals surface area contributed by atoms with Gasteiger partial charge in [0.2, 0.25) is 0 Å². The molecule has 4 nitrogen and oxygen atoms in total. The number of amides is 1. The Hall–Kier alpha value is -2.38. The summed E-state index contributed by atoms with van der Waals surface area (Å²) in [6.07, 6.45) is 0.916. The van der Waals surface area contributed by atoms with E-state index in [1.54, 1.807) is 12.1 Å². The monoisotopic (exact) mass is 378 g/mol. The topological polar surface area (TPSA) is 52.6 Å². The van der Waals surface area contributed by atoms with Crippen molar-refractivity contribution in [3.05, 3.63) is 71.0 Å². The molecule has 0 bridgehead atoms. The highest BCUT2D eigenvalue weighted by atomic mass is 19.1. The molecule has 0 unspecified atom stereocenters. The maximum Gasteiger partial charge on any atom is 0.251 e. The number of hydrogen-bond acceptors (Lipinski definition) is 3. The first-order valence-electron chi connectivity index (χ1n) is 8.81. The van der Waals surface area contributed by atoms with E-state index >= 15 is 0 Å². The van der Waals surface area contributed by atoms with Crippen molar-refractivity contribution >= 4 is 5.91 Å². The van der Waals surface area contributed by atoms with Crippen LogP contribution in [-0.2, 0) is 5.60 Å². The number of piperidine rings is 1. The number of halogens is 3. The second-order valence-corrected chi connectivity index (χ2v) is 6.80. The lowest BCUT2D eigenvalue weighted by Gasteiger charge is -2.38. The van der Waals surface area contributed by atoms with Gasteiger partial charge in [-0.1, -0.05) is 12.1 Å². The maximum atomic E-state index is 13.4. The Bertz CT molecular complexity index is 800. The fourth-order valence-electron chi connectivity index (χ4n) is 3.33. The molecule has 1 aliphatic heterocycles. The third kappa shape index (κ3) is 4.87. The summed E-state index contributed by atoms with van der Waals surface area (Å²) in [5.74, 6) is -2.51. The largest absolute Gasteiger partial charge is 0.385 e. The summed E-state index contributed by atoms with van der Waals surface area (Å²) in [5, 5.41) is 13.4. The van der Waals surface area contributed by atoms with E-state index in [9.17, 15) is 23.1 Å². The summed E-state index contributed by atoms with van der Waals surface area (Å²) in [4.78, 5) is 14.0. The average molecular weight is 378 g/mol. The predicted molar refractivity (Wildman–Crippen MR) is 94.7 cm³/mol. The first-order valence-corrected chi connectivity index (χ1v) is 8.81. The number of aliphatic hydroxyl groups is 1. The van der Waals surface area contributed by atoms with Crippen LogP contribution in [0.3, 0.4) is 0 Å². The van der Waals surface area contributed by atoms with Crippen LogP contribution in [0.25, 0.3) is 0 Å². The molecule has 1 aliphatic rings. The van der Waals surface area contributed by atoms with Crippen LogP contribution >= 0.6 is 0 Å². The van der Waals surface area contributed by atoms with E-state index in [2.05, 4.69) is 10.2 Å². The van der Waals surface area contributed by atoms with Gasteiger partial charge in [-0.15, -0.1) is 0 Å². The summed E-state index contributed by atoms with van der Waals surface area (Å²) in [7, 11) is 0. The lowest BCUT2D eigenvalue weighted by atomic mass is 9.84. The summed E-state index contributed by atoms with van der Waals surface area (Å²) >= 11 is 0. The van der Waals surface area contributed by atoms with Crippen LogP contribution in [-0.4, -0.2) is 42.1 Å². The van der Waals surface area contributed by atoms with E-state index < -0.39 is 23.1 Å². The molecule has 1 fully saturated rings. The minimum Gasteiger partial charge on any atom is -0.385 e. The van der Waals surface area contributed by atoms with Crippen LogP contribution in [0.4, 0.5) is 13.2 Å². The summed E-state index contributed by atoms with van der Waals surface area (Å²) in [5.41, 5.74) is -0.545. The van der Waals surface area contributed by atoms with Gasteiger partial charge in [0.25, 0.3) is 5.91 Å². The van der Waals surface area contributed by atoms with Gasteiger partial charge in [-0.2, -0.15) is 0 Å². The van der Waals surface area contributed by atoms with E-state index in [4.69, 9.17) is 0 Å². The first kappa shape index (κ1) is 19.4. The minimum atomic E-state index is -1.05. The number of nitrogens with one attached hydrogen (secondary N) is 1. The standard InChI is InChI=1S/C20H21F3N2O2/c21-16-3-1-2-15(12-16)20(27)4-7-25(8-5-20)9-6-24-19(26)14-10-17(22)13-18(23)11-14/h1-3,10-13,27H,4-9H2,(H,24,26). The van der Waals surface area contributed by atoms with Crippen molar-refractivity contribution in [3.8, 4) is 0 Å². The fraction of sp³-hybridized carbons (Fsp3) is 0.350. The average Bonchev–Trinajstić information content (AvgIpc) is 2.62. The van der Waals surface area contributed by atoms with Crippen molar-refractivity contribution in [1.82, 2.24) is 10.2 Å². The summed E-state index contributed by atoms with van der Waals surface area (Å²) < 4.78 is 39.7. The fourth-order valence-corrected chi connectivity index (χ4v) is 3.33. The van der Waals surface area contributed by atoms with E-state index in [0.717, 1.165) is 12.1 Å². The number of carbonyl (C=O) groups is 1. The van der Waals surface area contributed by atoms with Crippen LogP contribution < -0.4 is 5.32 Å². The van der Waals surface area contributed by atoms with Gasteiger partial charge in [-0.3, -0.25) is 4.79 Å². The summed E-state index contributed by atoms with van der Waals surface area (Å²) in [6.45, 7) is 2.05. The minimum absolute atomic E-state index is 0.0633. The van der Waals surface area contributed by atoms with E-state index in [-0.39, 0.29) is 11.4 Å². The highest BCUT2D eigenvalue weighted by Crippen LogP contribution is 2.32. The van der Waals surface area contributed by atoms with Crippen molar-refractivity contribution in [2.75, 3.05) is 26.2 Å². The Labute approximate surface area is 155 Å². The SMILES string of the molecule is O=C(NCCN1CCC(O)(c2cccc(F)c2)CC1)c1cc(F)cc(F)c1. The zero-order valence-corrected chi connectivity index (χ0v) is 14.7. The lowest BCUT2D eigenvalue weighted by Crippen LogP contribution is -2.45. The first-order chi connectivity index (χ1) is 12.9. The molecule has 1 amide bonds. The zero-order chi connectivity index (χ0) is 19.4. The van der Waals surface area contributed by atoms with Gasteiger partial charge in [0.15, 0.2) is 0 Å². The predicted octanol–water partition coefficient (Wildman–Crippen LogP) is 2.82. The van der Waals surface area contributed by atoms with Gasteiger partial charge in [-0.25, -0.2) is 13.2 Å². The summed E-state index contributed by atoms with van der Waals surface area (Å²) in [6, 6.07) is 8.68. The van der Waals surface area contributed by atoms with Gasteiger partial charge < -0.3 is 15.3 Å². The van der Waals surface area contributed by atoms with Crippen LogP contribution in [0.5, 0.6) is 0 Å². The Morgan fingerprint density at radius 1 is 1.04 bits per heavy atom. The van der Waals surface area contributed by atoms with Crippen LogP contribution in [0.1, 0.15) is 28.8 Å². The highest BCUT2D eigenvalue weighted by molar-refractivity contribution is 5.94. The zero-order valence-electron chi connectivity index (χ0n) is 14.7. The molecule has 27 heavy (non-hydrogen) atoms. The van der Waals surface area contributed by atoms with Crippen molar-refractivity contribution in [1.29, 1.82) is 0 Å². The molecule has 0 spiro atoms. The number of carbonyl (C=O) groups excluding carboxylic acids is 1. The molecule has 0 radical (unpaired) electrons. The van der Waals surface area contributed by atoms with E-state index in [1.165, 1.54) is 12.1 Å². The number of benzene rings is 2. The third-order valence-corrected chi connectivity index (χ3v) is 4.88. The van der Waals surface area contributed by atoms with Gasteiger partial charge in [0.1, 0.15) is 17.5 Å². The number of nitrogens with zero attached hydrogens (tertiary/aromatic N) is 1. The second kappa shape index (κ2) is 8.10. The molecule has 0 saturated carbocycles. The number of hydrogen-bond donors (Lipinski definition) is 2. The molecule has 0 aliphatic carbocycles. The lowest BCUT2D eigenvalue weighted by molar-refractivity contribution is -0.0257. The maximum absolute atomic E-state index is 13.4. The molecule has 3 rings (SSSR count). The smallest absolute Gasteiger partial charge is 0.251 e. The van der Waals surface area contributed by atoms with Crippen LogP contribution in [0.2, 0.25) is 0 Å². The normalized spacial score (nSPS) is 16.9. The van der Waals surface area contributed by atoms with Crippen molar-refractivity contribution in [3.63, 3.8) is 0 Å². The van der Waals surface area contributed by atoms with E-state index in [0.29, 0.717) is 50.7 Å². The molecule has 144 valence electrons. The molecule has 0 atom stereocenters. The quantitative estimate of drug-likeness (QED) is 0.841. The second-order valence-electron chi connectivity index (χ2n) is 6.80. The molecule has 2 aromatic carbocycles. The van der Waals surface area contributed by atoms with Gasteiger partial charge >= 0.3 is 0 Å². The Balaban J connectivity index is 1.48. The molecular weight excluding hydrogens is 357 g/mol. The van der Waals surface area contributed by atoms with E-state index in [1.807, 2.05) is 0 Å². The van der Waals surface area contributed by atoms with Crippen molar-refractivity contribution < 1.29 is 23.1 Å². The van der Waals surface area contributed by atoms with Gasteiger partial charge in [-0.05, 0) is 42.7 Å². The Kier molecular flexibility index (Phi) is 5.82. The van der Waals surface area contributed by atoms with Crippen molar-refractivity contribution in [2.45, 2.75) is 18.4 Å². The Morgan fingerprint density at radius 3 is 2.33 bits per heavy atom. The Morgan fingerprint density at radius 2 is 1.70 bits per heavy atom. The van der Waals surface area contributed by atoms with Crippen molar-refractivity contribution in [2.24, 2.45) is 0 Å². The molecule has 1 saturated heterocycles. The van der Waals surface area contributed by atoms with Gasteiger partial charge in [0, 0.05) is 37.8 Å². The highest BCUT2D eigenvalue weighted by Gasteiger charge is 2.34.